The van der Waals surface area contributed by atoms with Gasteiger partial charge in [-0.3, -0.25) is 4.90 Å². The molecule has 0 aliphatic carbocycles. The van der Waals surface area contributed by atoms with Crippen LogP contribution >= 0.6 is 0 Å². The highest BCUT2D eigenvalue weighted by molar-refractivity contribution is 4.84. The Kier molecular flexibility index (Phi) is 3.88. The molecule has 1 aliphatic rings. The van der Waals surface area contributed by atoms with Gasteiger partial charge in [-0.15, -0.1) is 0 Å². The van der Waals surface area contributed by atoms with Crippen LogP contribution in [0.2, 0.25) is 0 Å². The fraction of sp³-hybridized carbons (Fsp3) is 1.00. The summed E-state index contributed by atoms with van der Waals surface area (Å²) in [6.45, 7) is 4.47. The summed E-state index contributed by atoms with van der Waals surface area (Å²) in [6, 6.07) is 0.346. The minimum absolute atomic E-state index is 0.0693. The Bertz CT molecular complexity index is 126. The van der Waals surface area contributed by atoms with Crippen molar-refractivity contribution in [3.63, 3.8) is 0 Å². The molecule has 1 saturated heterocycles. The van der Waals surface area contributed by atoms with Gasteiger partial charge in [0.05, 0.1) is 6.54 Å². The quantitative estimate of drug-likeness (QED) is 0.674. The number of hydrogen-bond donors (Lipinski definition) is 1. The van der Waals surface area contributed by atoms with Gasteiger partial charge in [-0.1, -0.05) is 6.92 Å². The lowest BCUT2D eigenvalue weighted by Gasteiger charge is -2.37. The summed E-state index contributed by atoms with van der Waals surface area (Å²) < 4.78 is 24.1. The highest BCUT2D eigenvalue weighted by atomic mass is 19.3. The standard InChI is InChI=1S/C8H16F2N2/c1-2-3-12(6-8(9)10)7-4-11-5-7/h7-8,11H,2-6H2,1H3. The second kappa shape index (κ2) is 4.72. The normalized spacial score (nSPS) is 18.8. The fourth-order valence-electron chi connectivity index (χ4n) is 1.42. The smallest absolute Gasteiger partial charge is 0.251 e. The first kappa shape index (κ1) is 9.86. The van der Waals surface area contributed by atoms with Gasteiger partial charge in [0.2, 0.25) is 0 Å². The Morgan fingerprint density at radius 1 is 1.50 bits per heavy atom. The molecule has 1 heterocycles. The Labute approximate surface area is 71.9 Å². The van der Waals surface area contributed by atoms with Gasteiger partial charge < -0.3 is 5.32 Å². The number of rotatable bonds is 5. The molecule has 4 heteroatoms. The summed E-state index contributed by atoms with van der Waals surface area (Å²) in [5, 5.41) is 3.09. The van der Waals surface area contributed by atoms with E-state index in [4.69, 9.17) is 0 Å². The Hall–Kier alpha value is -0.220. The van der Waals surface area contributed by atoms with Crippen molar-refractivity contribution < 1.29 is 8.78 Å². The maximum Gasteiger partial charge on any atom is 0.251 e. The van der Waals surface area contributed by atoms with Crippen molar-refractivity contribution in [2.75, 3.05) is 26.2 Å². The molecule has 0 unspecified atom stereocenters. The third kappa shape index (κ3) is 2.68. The van der Waals surface area contributed by atoms with E-state index in [1.54, 1.807) is 0 Å². The molecule has 1 fully saturated rings. The molecule has 2 nitrogen and oxygen atoms in total. The van der Waals surface area contributed by atoms with Crippen molar-refractivity contribution in [3.05, 3.63) is 0 Å². The van der Waals surface area contributed by atoms with Gasteiger partial charge in [0.15, 0.2) is 0 Å². The zero-order chi connectivity index (χ0) is 8.97. The predicted octanol–water partition coefficient (Wildman–Crippen LogP) is 0.935. The molecule has 1 aliphatic heterocycles. The average molecular weight is 178 g/mol. The molecule has 1 rings (SSSR count). The van der Waals surface area contributed by atoms with Crippen molar-refractivity contribution in [1.29, 1.82) is 0 Å². The molecule has 72 valence electrons. The zero-order valence-corrected chi connectivity index (χ0v) is 7.39. The Morgan fingerprint density at radius 2 is 2.17 bits per heavy atom. The monoisotopic (exact) mass is 178 g/mol. The summed E-state index contributed by atoms with van der Waals surface area (Å²) in [7, 11) is 0. The maximum atomic E-state index is 12.1. The topological polar surface area (TPSA) is 15.3 Å². The van der Waals surface area contributed by atoms with Gasteiger partial charge in [-0.05, 0) is 13.0 Å². The lowest BCUT2D eigenvalue weighted by Crippen LogP contribution is -2.58. The van der Waals surface area contributed by atoms with Crippen LogP contribution in [0, 0.1) is 0 Å². The van der Waals surface area contributed by atoms with Crippen LogP contribution < -0.4 is 5.32 Å². The summed E-state index contributed by atoms with van der Waals surface area (Å²) in [5.74, 6) is 0. The van der Waals surface area contributed by atoms with Crippen molar-refractivity contribution in [2.24, 2.45) is 0 Å². The highest BCUT2D eigenvalue weighted by Crippen LogP contribution is 2.08. The van der Waals surface area contributed by atoms with Gasteiger partial charge in [0.1, 0.15) is 0 Å². The summed E-state index contributed by atoms with van der Waals surface area (Å²) in [6.07, 6.45) is -1.25. The molecule has 12 heavy (non-hydrogen) atoms. The van der Waals surface area contributed by atoms with Crippen LogP contribution in [0.5, 0.6) is 0 Å². The lowest BCUT2D eigenvalue weighted by molar-refractivity contribution is 0.0501. The van der Waals surface area contributed by atoms with Crippen molar-refractivity contribution in [1.82, 2.24) is 10.2 Å². The van der Waals surface area contributed by atoms with Crippen LogP contribution in [0.4, 0.5) is 8.78 Å². The van der Waals surface area contributed by atoms with Crippen molar-refractivity contribution in [2.45, 2.75) is 25.8 Å². The lowest BCUT2D eigenvalue weighted by atomic mass is 10.1. The van der Waals surface area contributed by atoms with E-state index < -0.39 is 6.43 Å². The van der Waals surface area contributed by atoms with E-state index in [1.807, 2.05) is 11.8 Å². The molecule has 1 N–H and O–H groups in total. The second-order valence-electron chi connectivity index (χ2n) is 3.20. The van der Waals surface area contributed by atoms with Crippen molar-refractivity contribution >= 4 is 0 Å². The summed E-state index contributed by atoms with van der Waals surface area (Å²) in [4.78, 5) is 1.88. The van der Waals surface area contributed by atoms with E-state index >= 15 is 0 Å². The van der Waals surface area contributed by atoms with E-state index in [0.29, 0.717) is 6.04 Å². The molecular weight excluding hydrogens is 162 g/mol. The van der Waals surface area contributed by atoms with Crippen LogP contribution in [0.1, 0.15) is 13.3 Å². The van der Waals surface area contributed by atoms with E-state index in [-0.39, 0.29) is 6.54 Å². The van der Waals surface area contributed by atoms with Crippen LogP contribution in [-0.4, -0.2) is 43.5 Å². The van der Waals surface area contributed by atoms with Crippen LogP contribution in [0.25, 0.3) is 0 Å². The van der Waals surface area contributed by atoms with Crippen molar-refractivity contribution in [3.8, 4) is 0 Å². The van der Waals surface area contributed by atoms with E-state index in [2.05, 4.69) is 5.32 Å². The Morgan fingerprint density at radius 3 is 2.50 bits per heavy atom. The number of hydrogen-bond acceptors (Lipinski definition) is 2. The molecule has 0 amide bonds. The van der Waals surface area contributed by atoms with Gasteiger partial charge in [0.25, 0.3) is 6.43 Å². The molecule has 0 aromatic rings. The molecule has 0 saturated carbocycles. The average Bonchev–Trinajstić information content (AvgIpc) is 1.81. The third-order valence-electron chi connectivity index (χ3n) is 2.16. The molecule has 0 spiro atoms. The molecule has 0 atom stereocenters. The van der Waals surface area contributed by atoms with Crippen LogP contribution in [0.3, 0.4) is 0 Å². The fourth-order valence-corrected chi connectivity index (χ4v) is 1.42. The van der Waals surface area contributed by atoms with E-state index in [1.165, 1.54) is 0 Å². The number of alkyl halides is 2. The SMILES string of the molecule is CCCN(CC(F)F)C1CNC1. The Balaban J connectivity index is 2.26. The minimum Gasteiger partial charge on any atom is -0.314 e. The highest BCUT2D eigenvalue weighted by Gasteiger charge is 2.25. The van der Waals surface area contributed by atoms with Crippen LogP contribution in [-0.2, 0) is 0 Å². The first-order valence-corrected chi connectivity index (χ1v) is 4.47. The summed E-state index contributed by atoms with van der Waals surface area (Å²) >= 11 is 0. The first-order valence-electron chi connectivity index (χ1n) is 4.47. The first-order chi connectivity index (χ1) is 5.74. The molecule has 0 aromatic carbocycles. The molecule has 0 bridgehead atoms. The molecular formula is C8H16F2N2. The van der Waals surface area contributed by atoms with E-state index in [9.17, 15) is 8.78 Å². The van der Waals surface area contributed by atoms with E-state index in [0.717, 1.165) is 26.1 Å². The van der Waals surface area contributed by atoms with Gasteiger partial charge >= 0.3 is 0 Å². The molecule has 0 radical (unpaired) electrons. The van der Waals surface area contributed by atoms with Crippen LogP contribution in [0.15, 0.2) is 0 Å². The summed E-state index contributed by atoms with van der Waals surface area (Å²) in [5.41, 5.74) is 0. The second-order valence-corrected chi connectivity index (χ2v) is 3.20. The third-order valence-corrected chi connectivity index (χ3v) is 2.16. The minimum atomic E-state index is -2.20. The van der Waals surface area contributed by atoms with Gasteiger partial charge in [0, 0.05) is 19.1 Å². The number of halogens is 2. The van der Waals surface area contributed by atoms with Gasteiger partial charge in [-0.25, -0.2) is 8.78 Å². The number of nitrogens with zero attached hydrogens (tertiary/aromatic N) is 1. The largest absolute Gasteiger partial charge is 0.314 e. The maximum absolute atomic E-state index is 12.1. The number of nitrogens with one attached hydrogen (secondary N) is 1. The zero-order valence-electron chi connectivity index (χ0n) is 7.39. The predicted molar refractivity (Wildman–Crippen MR) is 44.5 cm³/mol. The van der Waals surface area contributed by atoms with Gasteiger partial charge in [-0.2, -0.15) is 0 Å². The molecule has 0 aromatic heterocycles.